The summed E-state index contributed by atoms with van der Waals surface area (Å²) in [6.45, 7) is 0.822. The molecule has 10 heteroatoms. The van der Waals surface area contributed by atoms with Crippen molar-refractivity contribution < 1.29 is 19.1 Å². The second-order valence-corrected chi connectivity index (χ2v) is 9.25. The predicted octanol–water partition coefficient (Wildman–Crippen LogP) is 2.72. The first kappa shape index (κ1) is 23.7. The van der Waals surface area contributed by atoms with Gasteiger partial charge >= 0.3 is 0 Å². The molecule has 1 aromatic carbocycles. The lowest BCUT2D eigenvalue weighted by atomic mass is 10.0. The number of para-hydroxylation sites is 1. The number of aromatic nitrogens is 3. The molecule has 0 fully saturated rings. The van der Waals surface area contributed by atoms with E-state index in [1.54, 1.807) is 23.2 Å². The summed E-state index contributed by atoms with van der Waals surface area (Å²) in [7, 11) is 4.50. The van der Waals surface area contributed by atoms with E-state index < -0.39 is 11.7 Å². The van der Waals surface area contributed by atoms with E-state index in [-0.39, 0.29) is 22.9 Å². The van der Waals surface area contributed by atoms with Crippen LogP contribution in [0.25, 0.3) is 11.3 Å². The van der Waals surface area contributed by atoms with Gasteiger partial charge in [0.1, 0.15) is 5.56 Å². The van der Waals surface area contributed by atoms with Gasteiger partial charge in [-0.2, -0.15) is 5.10 Å². The van der Waals surface area contributed by atoms with Crippen molar-refractivity contribution in [2.24, 2.45) is 0 Å². The summed E-state index contributed by atoms with van der Waals surface area (Å²) in [6.07, 6.45) is 4.40. The molecule has 2 aromatic heterocycles. The molecule has 36 heavy (non-hydrogen) atoms. The van der Waals surface area contributed by atoms with E-state index >= 15 is 0 Å². The lowest BCUT2D eigenvalue weighted by Crippen LogP contribution is -2.36. The third-order valence-electron chi connectivity index (χ3n) is 6.43. The van der Waals surface area contributed by atoms with Crippen LogP contribution in [0.5, 0.6) is 5.88 Å². The summed E-state index contributed by atoms with van der Waals surface area (Å²) in [4.78, 5) is 46.1. The van der Waals surface area contributed by atoms with Crippen molar-refractivity contribution in [1.29, 1.82) is 0 Å². The Hall–Kier alpha value is -3.98. The Balaban J connectivity index is 1.44. The molecule has 3 heterocycles. The van der Waals surface area contributed by atoms with Crippen LogP contribution in [0.3, 0.4) is 0 Å². The largest absolute Gasteiger partial charge is 0.480 e. The van der Waals surface area contributed by atoms with Crippen molar-refractivity contribution in [3.05, 3.63) is 75.7 Å². The normalized spacial score (nSPS) is 14.1. The van der Waals surface area contributed by atoms with Gasteiger partial charge in [-0.05, 0) is 18.2 Å². The molecule has 0 saturated carbocycles. The maximum atomic E-state index is 13.6. The van der Waals surface area contributed by atoms with Crippen LogP contribution in [0.4, 0.5) is 0 Å². The smallest absolute Gasteiger partial charge is 0.294 e. The fourth-order valence-corrected chi connectivity index (χ4v) is 4.79. The number of methoxy groups -OCH3 is 1. The second kappa shape index (κ2) is 9.23. The number of allylic oxidation sites excluding steroid dienone is 1. The van der Waals surface area contributed by atoms with E-state index in [9.17, 15) is 14.4 Å². The molecular weight excluding hydrogens is 482 g/mol. The van der Waals surface area contributed by atoms with E-state index in [0.29, 0.717) is 42.2 Å². The molecule has 0 N–H and O–H groups in total. The molecule has 2 amide bonds. The molecule has 0 radical (unpaired) electrons. The number of likely N-dealkylation sites (N-methyl/N-ethyl adjacent to an activating group) is 1. The number of halogens is 1. The second-order valence-electron chi connectivity index (χ2n) is 8.85. The van der Waals surface area contributed by atoms with Gasteiger partial charge in [0.25, 0.3) is 17.6 Å². The lowest BCUT2D eigenvalue weighted by Gasteiger charge is -2.28. The number of fused-ring (bicyclic) bond motifs is 2. The van der Waals surface area contributed by atoms with Crippen LogP contribution in [0.15, 0.2) is 42.6 Å². The number of amides is 2. The SMILES string of the molecule is COc1nc2c(cc1C(=O)N1CCc3c(cnn3-c3ccccc3Cl)C1)C(C(=O)C(=O)N(C)C)=CC2. The number of hydrogen-bond acceptors (Lipinski definition) is 6. The zero-order valence-corrected chi connectivity index (χ0v) is 20.9. The van der Waals surface area contributed by atoms with Gasteiger partial charge in [-0.15, -0.1) is 0 Å². The molecule has 9 nitrogen and oxygen atoms in total. The number of Topliss-reactive ketones (excluding diaryl/α,β-unsaturated/α-hetero) is 1. The first-order valence-electron chi connectivity index (χ1n) is 11.4. The first-order chi connectivity index (χ1) is 17.3. The minimum Gasteiger partial charge on any atom is -0.480 e. The Morgan fingerprint density at radius 2 is 1.94 bits per heavy atom. The monoisotopic (exact) mass is 505 g/mol. The number of hydrogen-bond donors (Lipinski definition) is 0. The summed E-state index contributed by atoms with van der Waals surface area (Å²) in [5, 5.41) is 5.11. The Morgan fingerprint density at radius 3 is 2.67 bits per heavy atom. The van der Waals surface area contributed by atoms with Crippen LogP contribution in [-0.4, -0.2) is 69.9 Å². The first-order valence-corrected chi connectivity index (χ1v) is 11.8. The predicted molar refractivity (Wildman–Crippen MR) is 133 cm³/mol. The van der Waals surface area contributed by atoms with Crippen LogP contribution in [0.1, 0.15) is 32.9 Å². The van der Waals surface area contributed by atoms with Crippen LogP contribution in [0, 0.1) is 0 Å². The Labute approximate surface area is 212 Å². The van der Waals surface area contributed by atoms with Crippen molar-refractivity contribution in [3.63, 3.8) is 0 Å². The summed E-state index contributed by atoms with van der Waals surface area (Å²) in [5.74, 6) is -1.33. The van der Waals surface area contributed by atoms with Gasteiger partial charge in [-0.3, -0.25) is 14.4 Å². The van der Waals surface area contributed by atoms with E-state index in [0.717, 1.165) is 16.9 Å². The maximum Gasteiger partial charge on any atom is 0.294 e. The number of rotatable bonds is 5. The molecule has 1 aliphatic heterocycles. The van der Waals surface area contributed by atoms with Crippen molar-refractivity contribution in [2.45, 2.75) is 19.4 Å². The summed E-state index contributed by atoms with van der Waals surface area (Å²) < 4.78 is 7.26. The number of benzene rings is 1. The standard InChI is InChI=1S/C26H24ClN5O4/c1-30(2)26(35)23(33)16-8-9-20-17(16)12-18(24(29-20)36-3)25(34)31-11-10-21-15(14-31)13-28-32(21)22-7-5-4-6-19(22)27/h4-8,12-13H,9-11,14H2,1-3H3. The van der Waals surface area contributed by atoms with Gasteiger partial charge in [0.05, 0.1) is 35.4 Å². The van der Waals surface area contributed by atoms with Gasteiger partial charge in [0, 0.05) is 56.7 Å². The minimum atomic E-state index is -0.628. The van der Waals surface area contributed by atoms with Gasteiger partial charge in [-0.1, -0.05) is 29.8 Å². The summed E-state index contributed by atoms with van der Waals surface area (Å²) in [5.41, 5.74) is 4.31. The summed E-state index contributed by atoms with van der Waals surface area (Å²) >= 11 is 6.37. The summed E-state index contributed by atoms with van der Waals surface area (Å²) in [6, 6.07) is 9.11. The molecule has 0 atom stereocenters. The zero-order chi connectivity index (χ0) is 25.6. The molecule has 0 saturated heterocycles. The van der Waals surface area contributed by atoms with Crippen molar-refractivity contribution >= 4 is 34.8 Å². The molecule has 0 spiro atoms. The van der Waals surface area contributed by atoms with Crippen LogP contribution in [0.2, 0.25) is 5.02 Å². The average Bonchev–Trinajstić information content (AvgIpc) is 3.50. The third kappa shape index (κ3) is 3.95. The number of carbonyl (C=O) groups excluding carboxylic acids is 3. The van der Waals surface area contributed by atoms with Crippen molar-refractivity contribution in [1.82, 2.24) is 24.6 Å². The highest BCUT2D eigenvalue weighted by Crippen LogP contribution is 2.33. The highest BCUT2D eigenvalue weighted by Gasteiger charge is 2.32. The van der Waals surface area contributed by atoms with Gasteiger partial charge in [-0.25, -0.2) is 9.67 Å². The quantitative estimate of drug-likeness (QED) is 0.495. The van der Waals surface area contributed by atoms with Gasteiger partial charge in [0.2, 0.25) is 5.88 Å². The Bertz CT molecular complexity index is 1440. The van der Waals surface area contributed by atoms with E-state index in [1.165, 1.54) is 26.1 Å². The fourth-order valence-electron chi connectivity index (χ4n) is 4.58. The Kier molecular flexibility index (Phi) is 6.09. The number of ketones is 1. The molecule has 2 aliphatic rings. The van der Waals surface area contributed by atoms with E-state index in [2.05, 4.69) is 10.1 Å². The molecular formula is C26H24ClN5O4. The van der Waals surface area contributed by atoms with Crippen LogP contribution < -0.4 is 4.74 Å². The maximum absolute atomic E-state index is 13.6. The third-order valence-corrected chi connectivity index (χ3v) is 6.75. The van der Waals surface area contributed by atoms with Gasteiger partial charge < -0.3 is 14.5 Å². The fraction of sp³-hybridized carbons (Fsp3) is 0.269. The molecule has 1 aliphatic carbocycles. The highest BCUT2D eigenvalue weighted by molar-refractivity contribution is 6.53. The number of carbonyl (C=O) groups is 3. The zero-order valence-electron chi connectivity index (χ0n) is 20.1. The molecule has 0 unspecified atom stereocenters. The molecule has 3 aromatic rings. The van der Waals surface area contributed by atoms with Crippen molar-refractivity contribution in [3.8, 4) is 11.6 Å². The molecule has 5 rings (SSSR count). The molecule has 0 bridgehead atoms. The topological polar surface area (TPSA) is 97.6 Å². The average molecular weight is 506 g/mol. The number of nitrogens with zero attached hydrogens (tertiary/aromatic N) is 5. The lowest BCUT2D eigenvalue weighted by molar-refractivity contribution is -0.139. The van der Waals surface area contributed by atoms with Crippen LogP contribution >= 0.6 is 11.6 Å². The number of pyridine rings is 1. The van der Waals surface area contributed by atoms with E-state index in [1.807, 2.05) is 28.9 Å². The molecule has 184 valence electrons. The Morgan fingerprint density at radius 1 is 1.17 bits per heavy atom. The highest BCUT2D eigenvalue weighted by atomic mass is 35.5. The number of ether oxygens (including phenoxy) is 1. The van der Waals surface area contributed by atoms with Crippen LogP contribution in [-0.2, 0) is 29.0 Å². The van der Waals surface area contributed by atoms with Crippen molar-refractivity contribution in [2.75, 3.05) is 27.7 Å². The minimum absolute atomic E-state index is 0.192. The van der Waals surface area contributed by atoms with Gasteiger partial charge in [0.15, 0.2) is 0 Å². The van der Waals surface area contributed by atoms with E-state index in [4.69, 9.17) is 16.3 Å².